The van der Waals surface area contributed by atoms with Gasteiger partial charge in [0.05, 0.1) is 24.3 Å². The minimum atomic E-state index is -3.64. The molecule has 2 aliphatic rings. The molecule has 8 heteroatoms. The maximum absolute atomic E-state index is 12.4. The van der Waals surface area contributed by atoms with E-state index in [0.717, 1.165) is 16.1 Å². The normalized spacial score (nSPS) is 26.6. The van der Waals surface area contributed by atoms with Crippen LogP contribution in [0.4, 0.5) is 4.79 Å². The number of benzene rings is 1. The van der Waals surface area contributed by atoms with Gasteiger partial charge in [-0.15, -0.1) is 0 Å². The molecule has 0 radical (unpaired) electrons. The molecule has 2 aliphatic heterocycles. The molecule has 0 N–H and O–H groups in total. The summed E-state index contributed by atoms with van der Waals surface area (Å²) in [5.74, 6) is -1.01. The number of hydrogen-bond donors (Lipinski definition) is 0. The van der Waals surface area contributed by atoms with Crippen molar-refractivity contribution >= 4 is 22.0 Å². The van der Waals surface area contributed by atoms with Gasteiger partial charge >= 0.3 is 6.09 Å². The number of rotatable bonds is 3. The van der Waals surface area contributed by atoms with Crippen LogP contribution < -0.4 is 0 Å². The zero-order valence-corrected chi connectivity index (χ0v) is 14.4. The number of nitrogens with zero attached hydrogens (tertiary/aromatic N) is 2. The summed E-state index contributed by atoms with van der Waals surface area (Å²) < 4.78 is 30.0. The van der Waals surface area contributed by atoms with Gasteiger partial charge in [0.15, 0.2) is 0 Å². The molecule has 2 saturated heterocycles. The van der Waals surface area contributed by atoms with Crippen molar-refractivity contribution in [1.82, 2.24) is 9.21 Å². The molecule has 0 aliphatic carbocycles. The Kier molecular flexibility index (Phi) is 4.25. The highest BCUT2D eigenvalue weighted by atomic mass is 32.2. The third-order valence-electron chi connectivity index (χ3n) is 4.64. The van der Waals surface area contributed by atoms with Gasteiger partial charge in [0, 0.05) is 6.54 Å². The molecule has 2 heterocycles. The van der Waals surface area contributed by atoms with Gasteiger partial charge in [-0.05, 0) is 12.0 Å². The number of ether oxygens (including phenoxy) is 1. The van der Waals surface area contributed by atoms with Crippen molar-refractivity contribution in [3.8, 4) is 0 Å². The summed E-state index contributed by atoms with van der Waals surface area (Å²) in [7, 11) is -3.64. The fourth-order valence-corrected chi connectivity index (χ4v) is 4.81. The molecule has 2 amide bonds. The predicted octanol–water partition coefficient (Wildman–Crippen LogP) is 1.20. The second-order valence-corrected chi connectivity index (χ2v) is 8.13. The highest BCUT2D eigenvalue weighted by Crippen LogP contribution is 2.38. The van der Waals surface area contributed by atoms with Crippen LogP contribution in [-0.2, 0) is 26.2 Å². The minimum Gasteiger partial charge on any atom is -0.445 e. The van der Waals surface area contributed by atoms with Crippen LogP contribution >= 0.6 is 0 Å². The number of hydrogen-bond acceptors (Lipinski definition) is 5. The number of amides is 2. The smallest absolute Gasteiger partial charge is 0.410 e. The zero-order chi connectivity index (χ0) is 17.5. The predicted molar refractivity (Wildman–Crippen MR) is 86.4 cm³/mol. The second-order valence-electron chi connectivity index (χ2n) is 6.27. The second kappa shape index (κ2) is 6.08. The minimum absolute atomic E-state index is 0.145. The summed E-state index contributed by atoms with van der Waals surface area (Å²) in [6.45, 7) is 2.19. The van der Waals surface area contributed by atoms with E-state index in [1.807, 2.05) is 30.3 Å². The average molecular weight is 352 g/mol. The third kappa shape index (κ3) is 2.86. The highest BCUT2D eigenvalue weighted by molar-refractivity contribution is 7.88. The number of fused-ring (bicyclic) bond motifs is 1. The number of carbonyl (C=O) groups excluding carboxylic acids is 2. The van der Waals surface area contributed by atoms with Crippen molar-refractivity contribution in [2.45, 2.75) is 32.0 Å². The van der Waals surface area contributed by atoms with E-state index in [1.54, 1.807) is 6.92 Å². The maximum atomic E-state index is 12.4. The fourth-order valence-electron chi connectivity index (χ4n) is 3.59. The Bertz CT molecular complexity index is 749. The van der Waals surface area contributed by atoms with Gasteiger partial charge in [-0.25, -0.2) is 17.5 Å². The first-order chi connectivity index (χ1) is 11.3. The molecule has 2 fully saturated rings. The van der Waals surface area contributed by atoms with Gasteiger partial charge in [0.2, 0.25) is 15.9 Å². The van der Waals surface area contributed by atoms with E-state index in [4.69, 9.17) is 4.74 Å². The molecule has 3 rings (SSSR count). The molecular formula is C16H20N2O5S. The summed E-state index contributed by atoms with van der Waals surface area (Å²) in [5.41, 5.74) is 0.870. The van der Waals surface area contributed by atoms with Crippen LogP contribution in [0.3, 0.4) is 0 Å². The molecule has 3 atom stereocenters. The van der Waals surface area contributed by atoms with Crippen molar-refractivity contribution in [3.05, 3.63) is 35.9 Å². The molecule has 7 nitrogen and oxygen atoms in total. The quantitative estimate of drug-likeness (QED) is 0.816. The molecule has 0 aromatic heterocycles. The van der Waals surface area contributed by atoms with Crippen LogP contribution in [0.5, 0.6) is 0 Å². The lowest BCUT2D eigenvalue weighted by Gasteiger charge is -2.25. The monoisotopic (exact) mass is 352 g/mol. The first-order valence-electron chi connectivity index (χ1n) is 7.81. The molecule has 0 unspecified atom stereocenters. The lowest BCUT2D eigenvalue weighted by Crippen LogP contribution is -2.43. The van der Waals surface area contributed by atoms with E-state index in [-0.39, 0.29) is 6.61 Å². The fraction of sp³-hybridized carbons (Fsp3) is 0.500. The first kappa shape index (κ1) is 16.8. The van der Waals surface area contributed by atoms with Gasteiger partial charge in [0.1, 0.15) is 6.61 Å². The van der Waals surface area contributed by atoms with Crippen LogP contribution in [0.2, 0.25) is 0 Å². The van der Waals surface area contributed by atoms with Crippen molar-refractivity contribution < 1.29 is 22.7 Å². The molecule has 0 spiro atoms. The van der Waals surface area contributed by atoms with Crippen molar-refractivity contribution in [2.75, 3.05) is 12.8 Å². The van der Waals surface area contributed by atoms with Crippen LogP contribution in [0.25, 0.3) is 0 Å². The molecular weight excluding hydrogens is 332 g/mol. The topological polar surface area (TPSA) is 84.0 Å². The maximum Gasteiger partial charge on any atom is 0.410 e. The van der Waals surface area contributed by atoms with Crippen molar-refractivity contribution in [1.29, 1.82) is 0 Å². The Balaban J connectivity index is 1.72. The highest BCUT2D eigenvalue weighted by Gasteiger charge is 2.56. The van der Waals surface area contributed by atoms with Gasteiger partial charge in [-0.1, -0.05) is 37.3 Å². The zero-order valence-electron chi connectivity index (χ0n) is 13.6. The molecule has 1 aromatic rings. The summed E-state index contributed by atoms with van der Waals surface area (Å²) in [6, 6.07) is 8.35. The van der Waals surface area contributed by atoms with Crippen LogP contribution in [0.15, 0.2) is 30.3 Å². The van der Waals surface area contributed by atoms with Gasteiger partial charge in [-0.2, -0.15) is 0 Å². The van der Waals surface area contributed by atoms with Gasteiger partial charge < -0.3 is 9.64 Å². The summed E-state index contributed by atoms with van der Waals surface area (Å²) in [4.78, 5) is 26.2. The lowest BCUT2D eigenvalue weighted by atomic mass is 10.0. The van der Waals surface area contributed by atoms with E-state index in [0.29, 0.717) is 13.0 Å². The number of likely N-dealkylation sites (tertiary alicyclic amines) is 1. The third-order valence-corrected chi connectivity index (χ3v) is 5.80. The van der Waals surface area contributed by atoms with Gasteiger partial charge in [0.25, 0.3) is 0 Å². The lowest BCUT2D eigenvalue weighted by molar-refractivity contribution is -0.127. The Hall–Kier alpha value is -2.09. The van der Waals surface area contributed by atoms with E-state index in [9.17, 15) is 18.0 Å². The van der Waals surface area contributed by atoms with Crippen LogP contribution in [0, 0.1) is 5.92 Å². The number of sulfonamides is 1. The Morgan fingerprint density at radius 1 is 1.29 bits per heavy atom. The van der Waals surface area contributed by atoms with E-state index < -0.39 is 40.0 Å². The number of carbonyl (C=O) groups is 2. The van der Waals surface area contributed by atoms with Crippen LogP contribution in [-0.4, -0.2) is 54.5 Å². The largest absolute Gasteiger partial charge is 0.445 e. The summed E-state index contributed by atoms with van der Waals surface area (Å²) >= 11 is 0. The Morgan fingerprint density at radius 2 is 1.96 bits per heavy atom. The van der Waals surface area contributed by atoms with Crippen molar-refractivity contribution in [2.24, 2.45) is 5.92 Å². The van der Waals surface area contributed by atoms with Gasteiger partial charge in [-0.3, -0.25) is 4.79 Å². The molecule has 130 valence electrons. The molecule has 0 bridgehead atoms. The average Bonchev–Trinajstić information content (AvgIpc) is 3.05. The van der Waals surface area contributed by atoms with Crippen LogP contribution in [0.1, 0.15) is 18.9 Å². The summed E-state index contributed by atoms with van der Waals surface area (Å²) in [6.07, 6.45) is 0.950. The van der Waals surface area contributed by atoms with E-state index in [2.05, 4.69) is 0 Å². The SMILES string of the molecule is C[C@H]1C(=O)N(S(C)(=O)=O)[C@H]2CCN(C(=O)OCc3ccccc3)[C@H]12. The van der Waals surface area contributed by atoms with Crippen molar-refractivity contribution in [3.63, 3.8) is 0 Å². The van der Waals surface area contributed by atoms with E-state index >= 15 is 0 Å². The Morgan fingerprint density at radius 3 is 2.58 bits per heavy atom. The standard InChI is InChI=1S/C16H20N2O5S/c1-11-14-13(18(15(11)19)24(2,21)22)8-9-17(14)16(20)23-10-12-6-4-3-5-7-12/h3-7,11,13-14H,8-10H2,1-2H3/t11-,13+,14-/m1/s1. The van der Waals surface area contributed by atoms with E-state index in [1.165, 1.54) is 4.90 Å². The molecule has 24 heavy (non-hydrogen) atoms. The Labute approximate surface area is 141 Å². The summed E-state index contributed by atoms with van der Waals surface area (Å²) in [5, 5.41) is 0. The first-order valence-corrected chi connectivity index (χ1v) is 9.66. The molecule has 1 aromatic carbocycles. The molecule has 0 saturated carbocycles.